The molecule has 1 aromatic rings. The predicted octanol–water partition coefficient (Wildman–Crippen LogP) is 3.77. The Morgan fingerprint density at radius 1 is 1.30 bits per heavy atom. The molecule has 1 aliphatic heterocycles. The molecule has 3 nitrogen and oxygen atoms in total. The normalized spacial score (nSPS) is 17.6. The standard InChI is InChI=1S/C17H29N3/c1-4-10-18-17-7-5-6-16(19-17)13-20-11-8-15(9-12-20)14(2)3/h5-7,14-15H,4,8-13H2,1-3H3,(H,18,19). The van der Waals surface area contributed by atoms with Gasteiger partial charge in [0.05, 0.1) is 5.69 Å². The molecular formula is C17H29N3. The molecule has 112 valence electrons. The molecule has 0 saturated carbocycles. The Morgan fingerprint density at radius 2 is 2.05 bits per heavy atom. The summed E-state index contributed by atoms with van der Waals surface area (Å²) in [6.07, 6.45) is 3.81. The van der Waals surface area contributed by atoms with Crippen molar-refractivity contribution in [2.75, 3.05) is 25.0 Å². The Morgan fingerprint density at radius 3 is 2.70 bits per heavy atom. The number of likely N-dealkylation sites (tertiary alicyclic amines) is 1. The third-order valence-corrected chi connectivity index (χ3v) is 4.32. The minimum absolute atomic E-state index is 0.830. The highest BCUT2D eigenvalue weighted by Crippen LogP contribution is 2.25. The van der Waals surface area contributed by atoms with Gasteiger partial charge in [-0.05, 0) is 56.3 Å². The third-order valence-electron chi connectivity index (χ3n) is 4.32. The van der Waals surface area contributed by atoms with E-state index >= 15 is 0 Å². The van der Waals surface area contributed by atoms with Crippen molar-refractivity contribution in [3.8, 4) is 0 Å². The van der Waals surface area contributed by atoms with Gasteiger partial charge in [-0.1, -0.05) is 26.8 Å². The number of piperidine rings is 1. The van der Waals surface area contributed by atoms with E-state index in [0.29, 0.717) is 0 Å². The van der Waals surface area contributed by atoms with Crippen molar-refractivity contribution in [1.29, 1.82) is 0 Å². The van der Waals surface area contributed by atoms with Crippen LogP contribution in [0.2, 0.25) is 0 Å². The molecule has 2 heterocycles. The first kappa shape index (κ1) is 15.3. The fourth-order valence-corrected chi connectivity index (χ4v) is 2.93. The fraction of sp³-hybridized carbons (Fsp3) is 0.706. The summed E-state index contributed by atoms with van der Waals surface area (Å²) < 4.78 is 0. The zero-order valence-corrected chi connectivity index (χ0v) is 13.2. The topological polar surface area (TPSA) is 28.2 Å². The molecule has 2 rings (SSSR count). The van der Waals surface area contributed by atoms with Crippen LogP contribution in [0.25, 0.3) is 0 Å². The van der Waals surface area contributed by atoms with Crippen molar-refractivity contribution in [2.24, 2.45) is 11.8 Å². The average molecular weight is 275 g/mol. The first-order valence-electron chi connectivity index (χ1n) is 8.11. The van der Waals surface area contributed by atoms with Crippen molar-refractivity contribution < 1.29 is 0 Å². The molecule has 0 aliphatic carbocycles. The Balaban J connectivity index is 1.84. The summed E-state index contributed by atoms with van der Waals surface area (Å²) in [4.78, 5) is 7.25. The summed E-state index contributed by atoms with van der Waals surface area (Å²) >= 11 is 0. The van der Waals surface area contributed by atoms with E-state index in [1.165, 1.54) is 31.6 Å². The second-order valence-electron chi connectivity index (χ2n) is 6.30. The van der Waals surface area contributed by atoms with Crippen molar-refractivity contribution >= 4 is 5.82 Å². The fourth-order valence-electron chi connectivity index (χ4n) is 2.93. The highest BCUT2D eigenvalue weighted by molar-refractivity contribution is 5.35. The molecule has 0 unspecified atom stereocenters. The molecule has 0 amide bonds. The van der Waals surface area contributed by atoms with Crippen LogP contribution in [-0.4, -0.2) is 29.5 Å². The zero-order valence-electron chi connectivity index (χ0n) is 13.2. The molecule has 1 fully saturated rings. The summed E-state index contributed by atoms with van der Waals surface area (Å²) in [5.74, 6) is 2.76. The second-order valence-corrected chi connectivity index (χ2v) is 6.30. The number of hydrogen-bond acceptors (Lipinski definition) is 3. The Kier molecular flexibility index (Phi) is 5.84. The lowest BCUT2D eigenvalue weighted by Crippen LogP contribution is -2.35. The maximum Gasteiger partial charge on any atom is 0.126 e. The van der Waals surface area contributed by atoms with Crippen LogP contribution in [0, 0.1) is 11.8 Å². The first-order valence-corrected chi connectivity index (χ1v) is 8.11. The van der Waals surface area contributed by atoms with E-state index in [9.17, 15) is 0 Å². The van der Waals surface area contributed by atoms with Gasteiger partial charge in [-0.25, -0.2) is 4.98 Å². The minimum atomic E-state index is 0.830. The lowest BCUT2D eigenvalue weighted by molar-refractivity contribution is 0.150. The number of hydrogen-bond donors (Lipinski definition) is 1. The largest absolute Gasteiger partial charge is 0.370 e. The van der Waals surface area contributed by atoms with Crippen LogP contribution in [0.15, 0.2) is 18.2 Å². The van der Waals surface area contributed by atoms with Crippen LogP contribution < -0.4 is 5.32 Å². The molecule has 0 atom stereocenters. The van der Waals surface area contributed by atoms with Crippen molar-refractivity contribution in [2.45, 2.75) is 46.6 Å². The van der Waals surface area contributed by atoms with Crippen molar-refractivity contribution in [1.82, 2.24) is 9.88 Å². The van der Waals surface area contributed by atoms with E-state index in [1.54, 1.807) is 0 Å². The zero-order chi connectivity index (χ0) is 14.4. The molecule has 0 aromatic carbocycles. The van der Waals surface area contributed by atoms with Gasteiger partial charge in [-0.15, -0.1) is 0 Å². The third kappa shape index (κ3) is 4.48. The van der Waals surface area contributed by atoms with Crippen LogP contribution in [0.1, 0.15) is 45.7 Å². The molecule has 0 bridgehead atoms. The van der Waals surface area contributed by atoms with Crippen LogP contribution in [0.4, 0.5) is 5.82 Å². The molecule has 0 spiro atoms. The monoisotopic (exact) mass is 275 g/mol. The lowest BCUT2D eigenvalue weighted by Gasteiger charge is -2.33. The number of pyridine rings is 1. The maximum atomic E-state index is 4.71. The summed E-state index contributed by atoms with van der Waals surface area (Å²) in [7, 11) is 0. The van der Waals surface area contributed by atoms with E-state index in [1.807, 2.05) is 0 Å². The van der Waals surface area contributed by atoms with Gasteiger partial charge in [-0.2, -0.15) is 0 Å². The van der Waals surface area contributed by atoms with E-state index in [0.717, 1.165) is 37.2 Å². The van der Waals surface area contributed by atoms with Gasteiger partial charge < -0.3 is 5.32 Å². The minimum Gasteiger partial charge on any atom is -0.370 e. The molecule has 3 heteroatoms. The molecule has 1 saturated heterocycles. The number of nitrogens with zero attached hydrogens (tertiary/aromatic N) is 2. The van der Waals surface area contributed by atoms with Gasteiger partial charge in [0.2, 0.25) is 0 Å². The van der Waals surface area contributed by atoms with Gasteiger partial charge in [0.25, 0.3) is 0 Å². The molecule has 20 heavy (non-hydrogen) atoms. The highest BCUT2D eigenvalue weighted by atomic mass is 15.1. The Hall–Kier alpha value is -1.09. The highest BCUT2D eigenvalue weighted by Gasteiger charge is 2.21. The molecule has 1 aliphatic rings. The van der Waals surface area contributed by atoms with Crippen LogP contribution in [-0.2, 0) is 6.54 Å². The van der Waals surface area contributed by atoms with Gasteiger partial charge in [0.15, 0.2) is 0 Å². The Labute approximate surface area is 123 Å². The van der Waals surface area contributed by atoms with Crippen molar-refractivity contribution in [3.05, 3.63) is 23.9 Å². The lowest BCUT2D eigenvalue weighted by atomic mass is 9.87. The van der Waals surface area contributed by atoms with Gasteiger partial charge >= 0.3 is 0 Å². The van der Waals surface area contributed by atoms with Crippen LogP contribution in [0.5, 0.6) is 0 Å². The maximum absolute atomic E-state index is 4.71. The number of nitrogens with one attached hydrogen (secondary N) is 1. The SMILES string of the molecule is CCCNc1cccc(CN2CCC(C(C)C)CC2)n1. The van der Waals surface area contributed by atoms with E-state index in [4.69, 9.17) is 4.98 Å². The van der Waals surface area contributed by atoms with Crippen LogP contribution >= 0.6 is 0 Å². The summed E-state index contributed by atoms with van der Waals surface area (Å²) in [5, 5.41) is 3.36. The summed E-state index contributed by atoms with van der Waals surface area (Å²) in [6, 6.07) is 6.32. The molecule has 1 N–H and O–H groups in total. The van der Waals surface area contributed by atoms with E-state index in [2.05, 4.69) is 49.2 Å². The first-order chi connectivity index (χ1) is 9.69. The van der Waals surface area contributed by atoms with E-state index in [-0.39, 0.29) is 0 Å². The van der Waals surface area contributed by atoms with Crippen LogP contribution in [0.3, 0.4) is 0 Å². The van der Waals surface area contributed by atoms with Gasteiger partial charge in [-0.3, -0.25) is 4.90 Å². The van der Waals surface area contributed by atoms with E-state index < -0.39 is 0 Å². The Bertz CT molecular complexity index is 395. The number of aromatic nitrogens is 1. The van der Waals surface area contributed by atoms with Gasteiger partial charge in [0.1, 0.15) is 5.82 Å². The molecule has 0 radical (unpaired) electrons. The number of anilines is 1. The van der Waals surface area contributed by atoms with Gasteiger partial charge in [0, 0.05) is 13.1 Å². The summed E-state index contributed by atoms with van der Waals surface area (Å²) in [6.45, 7) is 11.3. The smallest absolute Gasteiger partial charge is 0.126 e. The quantitative estimate of drug-likeness (QED) is 0.856. The number of rotatable bonds is 6. The summed E-state index contributed by atoms with van der Waals surface area (Å²) in [5.41, 5.74) is 1.19. The second kappa shape index (κ2) is 7.63. The average Bonchev–Trinajstić information content (AvgIpc) is 2.46. The molecule has 1 aromatic heterocycles. The molecular weight excluding hydrogens is 246 g/mol. The van der Waals surface area contributed by atoms with Crippen molar-refractivity contribution in [3.63, 3.8) is 0 Å². The predicted molar refractivity (Wildman–Crippen MR) is 85.9 cm³/mol.